The summed E-state index contributed by atoms with van der Waals surface area (Å²) in [4.78, 5) is 9.13. The van der Waals surface area contributed by atoms with E-state index in [9.17, 15) is 4.39 Å². The first-order valence-corrected chi connectivity index (χ1v) is 9.80. The molecule has 0 radical (unpaired) electrons. The Labute approximate surface area is 172 Å². The van der Waals surface area contributed by atoms with Crippen molar-refractivity contribution in [3.63, 3.8) is 0 Å². The van der Waals surface area contributed by atoms with Crippen molar-refractivity contribution in [2.24, 2.45) is 0 Å². The number of ether oxygens (including phenoxy) is 2. The van der Waals surface area contributed by atoms with Gasteiger partial charge in [-0.15, -0.1) is 0 Å². The summed E-state index contributed by atoms with van der Waals surface area (Å²) in [5.74, 6) is 1.32. The van der Waals surface area contributed by atoms with Crippen LogP contribution in [0.25, 0.3) is 22.5 Å². The SMILES string of the molecule is COc1ccc(-c2nc(Sc3ccc(F)cc3)[nH]c2-c2ccc(OC)cc2)cc1. The Morgan fingerprint density at radius 2 is 1.31 bits per heavy atom. The number of methoxy groups -OCH3 is 2. The largest absolute Gasteiger partial charge is 0.497 e. The van der Waals surface area contributed by atoms with E-state index in [1.165, 1.54) is 23.9 Å². The standard InChI is InChI=1S/C23H19FN2O2S/c1-27-18-9-3-15(4-10-18)21-22(16-5-11-19(28-2)12-6-16)26-23(25-21)29-20-13-7-17(24)8-14-20/h3-14H,1-2H3,(H,25,26). The first-order chi connectivity index (χ1) is 14.2. The first kappa shape index (κ1) is 19.1. The second-order valence-electron chi connectivity index (χ2n) is 6.28. The number of imidazole rings is 1. The number of nitrogens with zero attached hydrogens (tertiary/aromatic N) is 1. The van der Waals surface area contributed by atoms with Crippen LogP contribution in [0.4, 0.5) is 4.39 Å². The van der Waals surface area contributed by atoms with Gasteiger partial charge in [0, 0.05) is 16.0 Å². The lowest BCUT2D eigenvalue weighted by Crippen LogP contribution is -1.87. The maximum atomic E-state index is 13.2. The number of rotatable bonds is 6. The number of aromatic nitrogens is 2. The fraction of sp³-hybridized carbons (Fsp3) is 0.0870. The Morgan fingerprint density at radius 3 is 1.86 bits per heavy atom. The third kappa shape index (κ3) is 4.27. The fourth-order valence-electron chi connectivity index (χ4n) is 2.94. The quantitative estimate of drug-likeness (QED) is 0.423. The van der Waals surface area contributed by atoms with E-state index < -0.39 is 0 Å². The predicted octanol–water partition coefficient (Wildman–Crippen LogP) is 6.05. The van der Waals surface area contributed by atoms with Crippen molar-refractivity contribution in [1.29, 1.82) is 0 Å². The summed E-state index contributed by atoms with van der Waals surface area (Å²) in [6.45, 7) is 0. The Hall–Kier alpha value is -3.25. The van der Waals surface area contributed by atoms with Crippen LogP contribution in [0.15, 0.2) is 82.8 Å². The topological polar surface area (TPSA) is 47.1 Å². The second kappa shape index (κ2) is 8.41. The maximum Gasteiger partial charge on any atom is 0.171 e. The summed E-state index contributed by atoms with van der Waals surface area (Å²) in [5.41, 5.74) is 3.71. The number of aromatic amines is 1. The first-order valence-electron chi connectivity index (χ1n) is 8.98. The molecule has 0 aliphatic carbocycles. The van der Waals surface area contributed by atoms with Crippen molar-refractivity contribution in [1.82, 2.24) is 9.97 Å². The van der Waals surface area contributed by atoms with Crippen molar-refractivity contribution >= 4 is 11.8 Å². The Kier molecular flexibility index (Phi) is 5.53. The summed E-state index contributed by atoms with van der Waals surface area (Å²) in [6, 6.07) is 22.0. The average molecular weight is 406 g/mol. The van der Waals surface area contributed by atoms with E-state index in [1.807, 2.05) is 48.5 Å². The van der Waals surface area contributed by atoms with Crippen LogP contribution < -0.4 is 9.47 Å². The third-order valence-electron chi connectivity index (χ3n) is 4.45. The third-order valence-corrected chi connectivity index (χ3v) is 5.35. The van der Waals surface area contributed by atoms with E-state index in [2.05, 4.69) is 4.98 Å². The number of hydrogen-bond acceptors (Lipinski definition) is 4. The van der Waals surface area contributed by atoms with E-state index in [0.717, 1.165) is 44.1 Å². The van der Waals surface area contributed by atoms with Gasteiger partial charge in [-0.1, -0.05) is 11.8 Å². The molecular weight excluding hydrogens is 387 g/mol. The molecule has 0 fully saturated rings. The number of hydrogen-bond donors (Lipinski definition) is 1. The molecule has 0 saturated carbocycles. The van der Waals surface area contributed by atoms with Crippen LogP contribution in [-0.4, -0.2) is 24.2 Å². The zero-order chi connectivity index (χ0) is 20.2. The molecule has 0 bridgehead atoms. The van der Waals surface area contributed by atoms with E-state index in [0.29, 0.717) is 0 Å². The van der Waals surface area contributed by atoms with Gasteiger partial charge in [0.2, 0.25) is 0 Å². The molecule has 3 aromatic carbocycles. The zero-order valence-electron chi connectivity index (χ0n) is 16.0. The van der Waals surface area contributed by atoms with Gasteiger partial charge < -0.3 is 14.5 Å². The number of benzene rings is 3. The molecule has 0 atom stereocenters. The van der Waals surface area contributed by atoms with Gasteiger partial charge in [0.1, 0.15) is 17.3 Å². The molecule has 1 aromatic heterocycles. The van der Waals surface area contributed by atoms with Crippen LogP contribution in [0.1, 0.15) is 0 Å². The zero-order valence-corrected chi connectivity index (χ0v) is 16.8. The Bertz CT molecular complexity index is 1030. The fourth-order valence-corrected chi connectivity index (χ4v) is 3.72. The summed E-state index contributed by atoms with van der Waals surface area (Å²) in [6.07, 6.45) is 0. The van der Waals surface area contributed by atoms with Crippen molar-refractivity contribution in [2.45, 2.75) is 10.1 Å². The number of halogens is 1. The van der Waals surface area contributed by atoms with Crippen LogP contribution in [0.5, 0.6) is 11.5 Å². The highest BCUT2D eigenvalue weighted by Crippen LogP contribution is 2.36. The van der Waals surface area contributed by atoms with Gasteiger partial charge in [0.25, 0.3) is 0 Å². The van der Waals surface area contributed by atoms with Crippen molar-refractivity contribution in [3.05, 3.63) is 78.6 Å². The number of nitrogens with one attached hydrogen (secondary N) is 1. The molecule has 0 aliphatic rings. The minimum Gasteiger partial charge on any atom is -0.497 e. The van der Waals surface area contributed by atoms with Gasteiger partial charge in [0.15, 0.2) is 5.16 Å². The molecule has 4 nitrogen and oxygen atoms in total. The molecule has 0 spiro atoms. The van der Waals surface area contributed by atoms with Crippen molar-refractivity contribution in [3.8, 4) is 34.0 Å². The van der Waals surface area contributed by atoms with Gasteiger partial charge in [-0.3, -0.25) is 0 Å². The average Bonchev–Trinajstić information content (AvgIpc) is 3.19. The molecule has 4 aromatic rings. The van der Waals surface area contributed by atoms with Crippen LogP contribution in [-0.2, 0) is 0 Å². The van der Waals surface area contributed by atoms with E-state index in [1.54, 1.807) is 26.4 Å². The van der Waals surface area contributed by atoms with Crippen molar-refractivity contribution < 1.29 is 13.9 Å². The van der Waals surface area contributed by atoms with Gasteiger partial charge in [0.05, 0.1) is 25.6 Å². The maximum absolute atomic E-state index is 13.2. The van der Waals surface area contributed by atoms with E-state index >= 15 is 0 Å². The molecule has 29 heavy (non-hydrogen) atoms. The number of H-pyrrole nitrogens is 1. The monoisotopic (exact) mass is 406 g/mol. The van der Waals surface area contributed by atoms with Gasteiger partial charge >= 0.3 is 0 Å². The highest BCUT2D eigenvalue weighted by molar-refractivity contribution is 7.99. The summed E-state index contributed by atoms with van der Waals surface area (Å²) in [5, 5.41) is 0.730. The summed E-state index contributed by atoms with van der Waals surface area (Å²) in [7, 11) is 3.29. The summed E-state index contributed by atoms with van der Waals surface area (Å²) < 4.78 is 23.7. The highest BCUT2D eigenvalue weighted by Gasteiger charge is 2.15. The second-order valence-corrected chi connectivity index (χ2v) is 7.34. The van der Waals surface area contributed by atoms with Crippen LogP contribution >= 0.6 is 11.8 Å². The van der Waals surface area contributed by atoms with E-state index in [4.69, 9.17) is 14.5 Å². The van der Waals surface area contributed by atoms with Crippen LogP contribution in [0.2, 0.25) is 0 Å². The van der Waals surface area contributed by atoms with Crippen LogP contribution in [0, 0.1) is 5.82 Å². The predicted molar refractivity (Wildman–Crippen MR) is 113 cm³/mol. The van der Waals surface area contributed by atoms with Crippen LogP contribution in [0.3, 0.4) is 0 Å². The van der Waals surface area contributed by atoms with Crippen molar-refractivity contribution in [2.75, 3.05) is 14.2 Å². The summed E-state index contributed by atoms with van der Waals surface area (Å²) >= 11 is 1.45. The van der Waals surface area contributed by atoms with Gasteiger partial charge in [-0.2, -0.15) is 0 Å². The molecule has 1 heterocycles. The molecule has 0 amide bonds. The molecule has 4 rings (SSSR count). The lowest BCUT2D eigenvalue weighted by atomic mass is 10.0. The Balaban J connectivity index is 1.75. The smallest absolute Gasteiger partial charge is 0.171 e. The lowest BCUT2D eigenvalue weighted by Gasteiger charge is -2.06. The molecule has 146 valence electrons. The Morgan fingerprint density at radius 1 is 0.759 bits per heavy atom. The molecule has 1 N–H and O–H groups in total. The molecular formula is C23H19FN2O2S. The molecule has 0 aliphatic heterocycles. The minimum atomic E-state index is -0.258. The minimum absolute atomic E-state index is 0.258. The normalized spacial score (nSPS) is 10.7. The lowest BCUT2D eigenvalue weighted by molar-refractivity contribution is 0.414. The van der Waals surface area contributed by atoms with Gasteiger partial charge in [-0.05, 0) is 72.8 Å². The molecule has 0 unspecified atom stereocenters. The highest BCUT2D eigenvalue weighted by atomic mass is 32.2. The van der Waals surface area contributed by atoms with E-state index in [-0.39, 0.29) is 5.82 Å². The molecule has 0 saturated heterocycles. The van der Waals surface area contributed by atoms with Gasteiger partial charge in [-0.25, -0.2) is 9.37 Å². The molecule has 6 heteroatoms.